The lowest BCUT2D eigenvalue weighted by molar-refractivity contribution is 0.295. The minimum absolute atomic E-state index is 0.0835. The van der Waals surface area contributed by atoms with Crippen LogP contribution >= 0.6 is 0 Å². The van der Waals surface area contributed by atoms with Crippen LogP contribution in [0.2, 0.25) is 0 Å². The molecule has 0 aliphatic heterocycles. The summed E-state index contributed by atoms with van der Waals surface area (Å²) in [6, 6.07) is 18.3. The van der Waals surface area contributed by atoms with Crippen molar-refractivity contribution in [1.82, 2.24) is 0 Å². The van der Waals surface area contributed by atoms with E-state index in [9.17, 15) is 4.39 Å². The molecular weight excluding hydrogens is 405 g/mol. The van der Waals surface area contributed by atoms with Crippen molar-refractivity contribution in [1.29, 1.82) is 5.41 Å². The largest absolute Gasteiger partial charge is 0.497 e. The van der Waals surface area contributed by atoms with Crippen LogP contribution in [0.25, 0.3) is 0 Å². The first-order chi connectivity index (χ1) is 15.3. The molecule has 3 aromatic rings. The van der Waals surface area contributed by atoms with Crippen molar-refractivity contribution < 1.29 is 14.2 Å². The number of rotatable bonds is 5. The molecule has 6 N–H and O–H groups in total. The Kier molecular flexibility index (Phi) is 11.7. The normalized spacial score (nSPS) is 9.72. The molecule has 0 saturated carbocycles. The molecule has 0 aliphatic carbocycles. The number of nitrogen functional groups attached to an aromatic ring is 1. The smallest absolute Gasteiger partial charge is 0.129 e. The van der Waals surface area contributed by atoms with Crippen LogP contribution in [0.5, 0.6) is 5.75 Å². The molecule has 0 saturated heterocycles. The van der Waals surface area contributed by atoms with E-state index < -0.39 is 5.82 Å². The first-order valence-corrected chi connectivity index (χ1v) is 10.4. The fourth-order valence-electron chi connectivity index (χ4n) is 2.70. The van der Waals surface area contributed by atoms with Gasteiger partial charge in [0.05, 0.1) is 12.8 Å². The predicted octanol–water partition coefficient (Wildman–Crippen LogP) is 4.98. The molecule has 0 heterocycles. The maximum atomic E-state index is 13.5. The lowest BCUT2D eigenvalue weighted by Gasteiger charge is -2.11. The molecule has 0 atom stereocenters. The third-order valence-corrected chi connectivity index (χ3v) is 4.46. The van der Waals surface area contributed by atoms with Gasteiger partial charge in [-0.3, -0.25) is 5.41 Å². The number of halogens is 1. The van der Waals surface area contributed by atoms with Crippen molar-refractivity contribution in [3.63, 3.8) is 0 Å². The second kappa shape index (κ2) is 14.0. The second-order valence-electron chi connectivity index (χ2n) is 7.22. The number of benzene rings is 3. The van der Waals surface area contributed by atoms with Crippen LogP contribution in [0, 0.1) is 25.1 Å². The zero-order valence-corrected chi connectivity index (χ0v) is 19.3. The van der Waals surface area contributed by atoms with Gasteiger partial charge in [-0.25, -0.2) is 4.39 Å². The number of aliphatic hydroxyl groups is 1. The van der Waals surface area contributed by atoms with Gasteiger partial charge in [-0.2, -0.15) is 0 Å². The lowest BCUT2D eigenvalue weighted by atomic mass is 9.97. The summed E-state index contributed by atoms with van der Waals surface area (Å²) in [4.78, 5) is 0. The van der Waals surface area contributed by atoms with E-state index in [0.29, 0.717) is 17.7 Å². The van der Waals surface area contributed by atoms with E-state index in [1.165, 1.54) is 11.6 Å². The standard InChI is InChI=1S/C15H16FN3.C8H10O.C3H8O/c1-9-3-2-4-10(5-9)15(19)12-6-11(8-17)13(16)7-14(12)18;1-7-4-3-5-8(6-7)9-2;1-2-3-4/h2-7,19H,8,17-18H2,1H3;3-6H,1-2H3;4H,2-3H2,1H3. The van der Waals surface area contributed by atoms with E-state index in [1.54, 1.807) is 13.2 Å². The maximum absolute atomic E-state index is 13.5. The van der Waals surface area contributed by atoms with Crippen molar-refractivity contribution in [3.8, 4) is 5.75 Å². The predicted molar refractivity (Wildman–Crippen MR) is 131 cm³/mol. The third kappa shape index (κ3) is 8.49. The Balaban J connectivity index is 0.000000326. The Morgan fingerprint density at radius 3 is 2.09 bits per heavy atom. The van der Waals surface area contributed by atoms with Gasteiger partial charge in [0.2, 0.25) is 0 Å². The molecule has 3 aromatic carbocycles. The lowest BCUT2D eigenvalue weighted by Crippen LogP contribution is -2.09. The van der Waals surface area contributed by atoms with Crippen molar-refractivity contribution in [2.24, 2.45) is 5.73 Å². The first-order valence-electron chi connectivity index (χ1n) is 10.4. The molecular formula is C26H34FN3O2. The summed E-state index contributed by atoms with van der Waals surface area (Å²) < 4.78 is 18.5. The molecule has 0 radical (unpaired) electrons. The van der Waals surface area contributed by atoms with E-state index in [1.807, 2.05) is 69.3 Å². The highest BCUT2D eigenvalue weighted by molar-refractivity contribution is 6.14. The maximum Gasteiger partial charge on any atom is 0.129 e. The number of nitrogens with one attached hydrogen (secondary N) is 1. The highest BCUT2D eigenvalue weighted by Gasteiger charge is 2.12. The zero-order chi connectivity index (χ0) is 24.1. The van der Waals surface area contributed by atoms with Gasteiger partial charge in [-0.1, -0.05) is 42.8 Å². The molecule has 0 fully saturated rings. The van der Waals surface area contributed by atoms with Crippen LogP contribution in [-0.2, 0) is 6.54 Å². The number of aliphatic hydroxyl groups excluding tert-OH is 1. The highest BCUT2D eigenvalue weighted by Crippen LogP contribution is 2.21. The SMILES string of the molecule is CCCO.COc1cccc(C)c1.Cc1cccc(C(=N)c2cc(CN)c(F)cc2N)c1. The number of nitrogens with two attached hydrogens (primary N) is 2. The summed E-state index contributed by atoms with van der Waals surface area (Å²) in [5.41, 5.74) is 15.7. The minimum Gasteiger partial charge on any atom is -0.497 e. The summed E-state index contributed by atoms with van der Waals surface area (Å²) >= 11 is 0. The Bertz CT molecular complexity index is 1000. The van der Waals surface area contributed by atoms with E-state index in [-0.39, 0.29) is 17.9 Å². The van der Waals surface area contributed by atoms with Gasteiger partial charge >= 0.3 is 0 Å². The molecule has 0 unspecified atom stereocenters. The summed E-state index contributed by atoms with van der Waals surface area (Å²) in [5, 5.41) is 16.1. The summed E-state index contributed by atoms with van der Waals surface area (Å²) in [6.07, 6.45) is 0.875. The molecule has 3 rings (SSSR count). The first kappa shape index (κ1) is 26.8. The van der Waals surface area contributed by atoms with E-state index >= 15 is 0 Å². The summed E-state index contributed by atoms with van der Waals surface area (Å²) in [7, 11) is 1.68. The molecule has 0 aromatic heterocycles. The minimum atomic E-state index is -0.430. The zero-order valence-electron chi connectivity index (χ0n) is 19.3. The number of methoxy groups -OCH3 is 1. The number of hydrogen-bond acceptors (Lipinski definition) is 5. The van der Waals surface area contributed by atoms with Crippen molar-refractivity contribution >= 4 is 11.4 Å². The Hall–Kier alpha value is -3.22. The molecule has 0 bridgehead atoms. The van der Waals surface area contributed by atoms with Gasteiger partial charge in [-0.05, 0) is 56.2 Å². The van der Waals surface area contributed by atoms with Gasteiger partial charge in [0.15, 0.2) is 0 Å². The van der Waals surface area contributed by atoms with Crippen LogP contribution in [0.4, 0.5) is 10.1 Å². The van der Waals surface area contributed by atoms with E-state index in [0.717, 1.165) is 23.3 Å². The number of aryl methyl sites for hydroxylation is 2. The third-order valence-electron chi connectivity index (χ3n) is 4.46. The molecule has 172 valence electrons. The van der Waals surface area contributed by atoms with Crippen molar-refractivity contribution in [3.05, 3.63) is 94.3 Å². The van der Waals surface area contributed by atoms with Gasteiger partial charge in [0.1, 0.15) is 11.6 Å². The number of ether oxygens (including phenoxy) is 1. The fourth-order valence-corrected chi connectivity index (χ4v) is 2.70. The van der Waals surface area contributed by atoms with E-state index in [4.69, 9.17) is 26.7 Å². The monoisotopic (exact) mass is 439 g/mol. The van der Waals surface area contributed by atoms with Crippen LogP contribution in [-0.4, -0.2) is 24.5 Å². The van der Waals surface area contributed by atoms with Crippen LogP contribution in [0.15, 0.2) is 60.7 Å². The Morgan fingerprint density at radius 1 is 1.03 bits per heavy atom. The van der Waals surface area contributed by atoms with Crippen LogP contribution in [0.3, 0.4) is 0 Å². The average molecular weight is 440 g/mol. The van der Waals surface area contributed by atoms with Crippen LogP contribution < -0.4 is 16.2 Å². The van der Waals surface area contributed by atoms with Gasteiger partial charge in [0, 0.05) is 35.5 Å². The summed E-state index contributed by atoms with van der Waals surface area (Å²) in [5.74, 6) is 0.496. The van der Waals surface area contributed by atoms with Crippen molar-refractivity contribution in [2.45, 2.75) is 33.7 Å². The Morgan fingerprint density at radius 2 is 1.62 bits per heavy atom. The number of anilines is 1. The fraction of sp³-hybridized carbons (Fsp3) is 0.269. The topological polar surface area (TPSA) is 105 Å². The quantitative estimate of drug-likeness (QED) is 0.332. The van der Waals surface area contributed by atoms with Gasteiger partial charge < -0.3 is 21.3 Å². The average Bonchev–Trinajstić information content (AvgIpc) is 2.79. The van der Waals surface area contributed by atoms with E-state index in [2.05, 4.69) is 0 Å². The van der Waals surface area contributed by atoms with Gasteiger partial charge in [-0.15, -0.1) is 0 Å². The summed E-state index contributed by atoms with van der Waals surface area (Å²) in [6.45, 7) is 6.33. The van der Waals surface area contributed by atoms with Gasteiger partial charge in [0.25, 0.3) is 0 Å². The molecule has 6 heteroatoms. The van der Waals surface area contributed by atoms with Crippen molar-refractivity contribution in [2.75, 3.05) is 19.5 Å². The molecule has 0 aliphatic rings. The second-order valence-corrected chi connectivity index (χ2v) is 7.22. The highest BCUT2D eigenvalue weighted by atomic mass is 19.1. The molecule has 0 amide bonds. The molecule has 5 nitrogen and oxygen atoms in total. The number of hydrogen-bond donors (Lipinski definition) is 4. The Labute approximate surface area is 190 Å². The van der Waals surface area contributed by atoms with Crippen LogP contribution in [0.1, 0.15) is 41.2 Å². The molecule has 32 heavy (non-hydrogen) atoms. The molecule has 0 spiro atoms.